The van der Waals surface area contributed by atoms with Crippen LogP contribution in [-0.4, -0.2) is 43.1 Å². The van der Waals surface area contributed by atoms with Crippen molar-refractivity contribution in [2.75, 3.05) is 20.2 Å². The fraction of sp³-hybridized carbons (Fsp3) is 0.562. The van der Waals surface area contributed by atoms with E-state index in [0.717, 1.165) is 6.54 Å². The minimum absolute atomic E-state index is 0.136. The summed E-state index contributed by atoms with van der Waals surface area (Å²) in [4.78, 5) is 14.3. The molecule has 0 unspecified atom stereocenters. The molecule has 1 amide bonds. The van der Waals surface area contributed by atoms with Crippen LogP contribution in [0.25, 0.3) is 0 Å². The molecule has 118 valence electrons. The summed E-state index contributed by atoms with van der Waals surface area (Å²) in [6, 6.07) is 5.04. The van der Waals surface area contributed by atoms with Gasteiger partial charge in [-0.2, -0.15) is 0 Å². The third-order valence-corrected chi connectivity index (χ3v) is 3.40. The van der Waals surface area contributed by atoms with Gasteiger partial charge >= 0.3 is 0 Å². The van der Waals surface area contributed by atoms with Crippen molar-refractivity contribution in [1.82, 2.24) is 10.2 Å². The van der Waals surface area contributed by atoms with E-state index in [1.54, 1.807) is 6.07 Å². The molecule has 0 spiro atoms. The normalized spacial score (nSPS) is 11.3. The Hall–Kier alpha value is -1.62. The van der Waals surface area contributed by atoms with E-state index in [4.69, 9.17) is 4.74 Å². The Bertz CT molecular complexity index is 467. The van der Waals surface area contributed by atoms with Crippen LogP contribution < -0.4 is 10.1 Å². The van der Waals surface area contributed by atoms with Gasteiger partial charge in [-0.1, -0.05) is 0 Å². The summed E-state index contributed by atoms with van der Waals surface area (Å²) in [7, 11) is 1.39. The number of nitrogens with zero attached hydrogens (tertiary/aromatic N) is 1. The van der Waals surface area contributed by atoms with Crippen molar-refractivity contribution in [3.05, 3.63) is 29.6 Å². The summed E-state index contributed by atoms with van der Waals surface area (Å²) in [6.07, 6.45) is 0. The van der Waals surface area contributed by atoms with Gasteiger partial charge in [-0.3, -0.25) is 9.69 Å². The van der Waals surface area contributed by atoms with E-state index in [2.05, 4.69) is 37.9 Å². The Morgan fingerprint density at radius 1 is 1.29 bits per heavy atom. The van der Waals surface area contributed by atoms with E-state index in [0.29, 0.717) is 24.2 Å². The summed E-state index contributed by atoms with van der Waals surface area (Å²) in [5.41, 5.74) is 0.300. The number of benzene rings is 1. The zero-order valence-corrected chi connectivity index (χ0v) is 13.4. The standard InChI is InChI=1S/C16H25FN2O2/c1-11(2)19(12(3)4)9-8-18-16(20)13-6-7-15(21-5)14(17)10-13/h6-7,10-12H,8-9H2,1-5H3,(H,18,20). The molecule has 0 fully saturated rings. The predicted molar refractivity (Wildman–Crippen MR) is 82.3 cm³/mol. The molecule has 0 aliphatic rings. The van der Waals surface area contributed by atoms with Crippen LogP contribution in [-0.2, 0) is 0 Å². The lowest BCUT2D eigenvalue weighted by molar-refractivity contribution is 0.0939. The van der Waals surface area contributed by atoms with E-state index in [1.807, 2.05) is 0 Å². The first-order valence-corrected chi connectivity index (χ1v) is 7.24. The molecule has 21 heavy (non-hydrogen) atoms. The Morgan fingerprint density at radius 3 is 2.38 bits per heavy atom. The van der Waals surface area contributed by atoms with Crippen LogP contribution >= 0.6 is 0 Å². The molecule has 0 aliphatic carbocycles. The number of nitrogens with one attached hydrogen (secondary N) is 1. The highest BCUT2D eigenvalue weighted by Gasteiger charge is 2.14. The Kier molecular flexibility index (Phi) is 6.62. The molecule has 0 saturated heterocycles. The molecular weight excluding hydrogens is 271 g/mol. The van der Waals surface area contributed by atoms with Crippen molar-refractivity contribution < 1.29 is 13.9 Å². The van der Waals surface area contributed by atoms with Gasteiger partial charge in [0.15, 0.2) is 11.6 Å². The molecule has 0 radical (unpaired) electrons. The van der Waals surface area contributed by atoms with E-state index in [1.165, 1.54) is 19.2 Å². The number of hydrogen-bond donors (Lipinski definition) is 1. The first kappa shape index (κ1) is 17.4. The van der Waals surface area contributed by atoms with E-state index < -0.39 is 5.82 Å². The van der Waals surface area contributed by atoms with Crippen LogP contribution in [0.15, 0.2) is 18.2 Å². The summed E-state index contributed by atoms with van der Waals surface area (Å²) in [6.45, 7) is 9.80. The van der Waals surface area contributed by atoms with Crippen LogP contribution in [0.1, 0.15) is 38.1 Å². The maximum atomic E-state index is 13.6. The number of carbonyl (C=O) groups is 1. The molecule has 0 atom stereocenters. The maximum Gasteiger partial charge on any atom is 0.251 e. The van der Waals surface area contributed by atoms with Crippen molar-refractivity contribution in [1.29, 1.82) is 0 Å². The quantitative estimate of drug-likeness (QED) is 0.841. The highest BCUT2D eigenvalue weighted by atomic mass is 19.1. The van der Waals surface area contributed by atoms with Gasteiger partial charge in [-0.15, -0.1) is 0 Å². The first-order valence-electron chi connectivity index (χ1n) is 7.24. The van der Waals surface area contributed by atoms with Crippen molar-refractivity contribution >= 4 is 5.91 Å². The SMILES string of the molecule is COc1ccc(C(=O)NCCN(C(C)C)C(C)C)cc1F. The van der Waals surface area contributed by atoms with Crippen molar-refractivity contribution in [3.8, 4) is 5.75 Å². The second-order valence-electron chi connectivity index (χ2n) is 5.53. The van der Waals surface area contributed by atoms with Gasteiger partial charge < -0.3 is 10.1 Å². The van der Waals surface area contributed by atoms with Gasteiger partial charge in [0.2, 0.25) is 0 Å². The molecule has 0 bridgehead atoms. The molecular formula is C16H25FN2O2. The number of ether oxygens (including phenoxy) is 1. The lowest BCUT2D eigenvalue weighted by Crippen LogP contribution is -2.42. The van der Waals surface area contributed by atoms with E-state index in [-0.39, 0.29) is 11.7 Å². The molecule has 1 aromatic rings. The zero-order valence-electron chi connectivity index (χ0n) is 13.4. The molecule has 0 aliphatic heterocycles. The molecule has 0 aromatic heterocycles. The molecule has 5 heteroatoms. The third kappa shape index (κ3) is 5.01. The Labute approximate surface area is 126 Å². The minimum Gasteiger partial charge on any atom is -0.494 e. The number of hydrogen-bond acceptors (Lipinski definition) is 3. The highest BCUT2D eigenvalue weighted by Crippen LogP contribution is 2.17. The van der Waals surface area contributed by atoms with Crippen LogP contribution in [0, 0.1) is 5.82 Å². The van der Waals surface area contributed by atoms with Crippen LogP contribution in [0.4, 0.5) is 4.39 Å². The summed E-state index contributed by atoms with van der Waals surface area (Å²) in [5.74, 6) is -0.669. The number of halogens is 1. The molecule has 4 nitrogen and oxygen atoms in total. The van der Waals surface area contributed by atoms with Gasteiger partial charge in [0, 0.05) is 30.7 Å². The largest absolute Gasteiger partial charge is 0.494 e. The number of rotatable bonds is 7. The van der Waals surface area contributed by atoms with Crippen molar-refractivity contribution in [2.45, 2.75) is 39.8 Å². The Balaban J connectivity index is 2.56. The first-order chi connectivity index (χ1) is 9.86. The van der Waals surface area contributed by atoms with Crippen LogP contribution in [0.3, 0.4) is 0 Å². The molecule has 1 N–H and O–H groups in total. The summed E-state index contributed by atoms with van der Waals surface area (Å²) in [5, 5.41) is 2.82. The van der Waals surface area contributed by atoms with Crippen LogP contribution in [0.5, 0.6) is 5.75 Å². The fourth-order valence-electron chi connectivity index (χ4n) is 2.32. The molecule has 0 heterocycles. The van der Waals surface area contributed by atoms with Gasteiger partial charge in [0.1, 0.15) is 0 Å². The topological polar surface area (TPSA) is 41.6 Å². The molecule has 0 saturated carbocycles. The number of methoxy groups -OCH3 is 1. The van der Waals surface area contributed by atoms with Gasteiger partial charge in [0.25, 0.3) is 5.91 Å². The van der Waals surface area contributed by atoms with Crippen molar-refractivity contribution in [2.24, 2.45) is 0 Å². The Morgan fingerprint density at radius 2 is 1.90 bits per heavy atom. The average Bonchev–Trinajstić information content (AvgIpc) is 2.42. The predicted octanol–water partition coefficient (Wildman–Crippen LogP) is 2.68. The lowest BCUT2D eigenvalue weighted by Gasteiger charge is -2.30. The molecule has 1 aromatic carbocycles. The van der Waals surface area contributed by atoms with Crippen LogP contribution in [0.2, 0.25) is 0 Å². The maximum absolute atomic E-state index is 13.6. The molecule has 1 rings (SSSR count). The van der Waals surface area contributed by atoms with Gasteiger partial charge in [-0.25, -0.2) is 4.39 Å². The zero-order chi connectivity index (χ0) is 16.0. The third-order valence-electron chi connectivity index (χ3n) is 3.40. The monoisotopic (exact) mass is 296 g/mol. The van der Waals surface area contributed by atoms with Crippen molar-refractivity contribution in [3.63, 3.8) is 0 Å². The van der Waals surface area contributed by atoms with Gasteiger partial charge in [0.05, 0.1) is 7.11 Å². The number of carbonyl (C=O) groups excluding carboxylic acids is 1. The number of amides is 1. The highest BCUT2D eigenvalue weighted by molar-refractivity contribution is 5.94. The summed E-state index contributed by atoms with van der Waals surface area (Å²) < 4.78 is 18.4. The lowest BCUT2D eigenvalue weighted by atomic mass is 10.2. The average molecular weight is 296 g/mol. The fourth-order valence-corrected chi connectivity index (χ4v) is 2.32. The summed E-state index contributed by atoms with van der Waals surface area (Å²) >= 11 is 0. The second-order valence-corrected chi connectivity index (χ2v) is 5.53. The van der Waals surface area contributed by atoms with E-state index in [9.17, 15) is 9.18 Å². The van der Waals surface area contributed by atoms with E-state index >= 15 is 0 Å². The van der Waals surface area contributed by atoms with Gasteiger partial charge in [-0.05, 0) is 45.9 Å². The smallest absolute Gasteiger partial charge is 0.251 e. The minimum atomic E-state index is -0.531. The second kappa shape index (κ2) is 7.98.